The average Bonchev–Trinajstić information content (AvgIpc) is 2.74. The zero-order valence-electron chi connectivity index (χ0n) is 14.0. The Morgan fingerprint density at radius 3 is 2.27 bits per heavy atom. The van der Waals surface area contributed by atoms with Crippen LogP contribution >= 0.6 is 7.82 Å². The van der Waals surface area contributed by atoms with Crippen molar-refractivity contribution in [3.8, 4) is 0 Å². The lowest BCUT2D eigenvalue weighted by Gasteiger charge is -2.35. The van der Waals surface area contributed by atoms with Crippen molar-refractivity contribution in [2.45, 2.75) is 65.1 Å². The van der Waals surface area contributed by atoms with E-state index in [1.807, 2.05) is 26.0 Å². The maximum Gasteiger partial charge on any atom is 0.475 e. The molecule has 0 spiro atoms. The third-order valence-electron chi connectivity index (χ3n) is 3.75. The lowest BCUT2D eigenvalue weighted by molar-refractivity contribution is -0.154. The summed E-state index contributed by atoms with van der Waals surface area (Å²) in [6, 6.07) is 0. The first-order valence-corrected chi connectivity index (χ1v) is 9.41. The van der Waals surface area contributed by atoms with Crippen LogP contribution in [0.1, 0.15) is 41.0 Å². The van der Waals surface area contributed by atoms with Crippen LogP contribution in [-0.2, 0) is 27.6 Å². The molecular weight excluding hydrogens is 307 g/mol. The molecule has 1 aliphatic heterocycles. The normalized spacial score (nSPS) is 33.9. The molecule has 128 valence electrons. The van der Waals surface area contributed by atoms with E-state index in [9.17, 15) is 4.57 Å². The van der Waals surface area contributed by atoms with Gasteiger partial charge < -0.3 is 9.47 Å². The number of ether oxygens (including phenoxy) is 2. The quantitative estimate of drug-likeness (QED) is 0.523. The van der Waals surface area contributed by atoms with Gasteiger partial charge in [0.15, 0.2) is 5.79 Å². The van der Waals surface area contributed by atoms with Gasteiger partial charge in [0.25, 0.3) is 0 Å². The molecule has 1 saturated heterocycles. The minimum absolute atomic E-state index is 0.0768. The molecule has 0 aromatic heterocycles. The number of phosphoric acid groups is 1. The van der Waals surface area contributed by atoms with Crippen LogP contribution in [0.2, 0.25) is 0 Å². The van der Waals surface area contributed by atoms with Gasteiger partial charge in [0.2, 0.25) is 0 Å². The second-order valence-corrected chi connectivity index (χ2v) is 7.50. The SMILES string of the molecule is CCOP(=O)(OCC)O[C@@H]1[C@H]2OC(C)(C)O[C@H]2C=C[C@H]1CC. The molecule has 1 aliphatic carbocycles. The fourth-order valence-corrected chi connectivity index (χ4v) is 4.30. The summed E-state index contributed by atoms with van der Waals surface area (Å²) in [6.45, 7) is 9.81. The van der Waals surface area contributed by atoms with E-state index < -0.39 is 19.7 Å². The van der Waals surface area contributed by atoms with Crippen LogP contribution in [0.5, 0.6) is 0 Å². The topological polar surface area (TPSA) is 63.2 Å². The fraction of sp³-hybridized carbons (Fsp3) is 0.867. The molecule has 7 heteroatoms. The van der Waals surface area contributed by atoms with E-state index >= 15 is 0 Å². The summed E-state index contributed by atoms with van der Waals surface area (Å²) < 4.78 is 40.9. The van der Waals surface area contributed by atoms with Crippen molar-refractivity contribution < 1.29 is 27.6 Å². The fourth-order valence-electron chi connectivity index (χ4n) is 2.90. The van der Waals surface area contributed by atoms with E-state index in [2.05, 4.69) is 6.92 Å². The molecule has 2 aliphatic rings. The molecule has 0 aromatic carbocycles. The number of rotatable bonds is 7. The Balaban J connectivity index is 2.21. The smallest absolute Gasteiger partial charge is 0.341 e. The third-order valence-corrected chi connectivity index (χ3v) is 5.40. The zero-order chi connectivity index (χ0) is 16.4. The summed E-state index contributed by atoms with van der Waals surface area (Å²) >= 11 is 0. The van der Waals surface area contributed by atoms with Crippen molar-refractivity contribution in [2.75, 3.05) is 13.2 Å². The summed E-state index contributed by atoms with van der Waals surface area (Å²) in [4.78, 5) is 0. The van der Waals surface area contributed by atoms with Crippen LogP contribution in [0.15, 0.2) is 12.2 Å². The summed E-state index contributed by atoms with van der Waals surface area (Å²) in [5, 5.41) is 0. The van der Waals surface area contributed by atoms with Gasteiger partial charge in [-0.2, -0.15) is 0 Å². The van der Waals surface area contributed by atoms with E-state index in [0.717, 1.165) is 6.42 Å². The van der Waals surface area contributed by atoms with Gasteiger partial charge in [-0.15, -0.1) is 0 Å². The number of phosphoric ester groups is 1. The first-order chi connectivity index (χ1) is 10.3. The molecule has 0 amide bonds. The van der Waals surface area contributed by atoms with Gasteiger partial charge in [-0.05, 0) is 34.1 Å². The van der Waals surface area contributed by atoms with Gasteiger partial charge in [0.1, 0.15) is 18.3 Å². The van der Waals surface area contributed by atoms with Crippen LogP contribution in [0.4, 0.5) is 0 Å². The molecule has 0 radical (unpaired) electrons. The van der Waals surface area contributed by atoms with Crippen LogP contribution in [0.3, 0.4) is 0 Å². The maximum atomic E-state index is 12.7. The highest BCUT2D eigenvalue weighted by Gasteiger charge is 2.50. The van der Waals surface area contributed by atoms with Crippen molar-refractivity contribution in [1.29, 1.82) is 0 Å². The molecule has 4 atom stereocenters. The third kappa shape index (κ3) is 3.99. The van der Waals surface area contributed by atoms with Crippen molar-refractivity contribution in [1.82, 2.24) is 0 Å². The second-order valence-electron chi connectivity index (χ2n) is 5.87. The second kappa shape index (κ2) is 7.12. The molecule has 0 aromatic rings. The standard InChI is InChI=1S/C15H27O6P/c1-6-11-9-10-12-14(20-15(4,5)19-12)13(11)21-22(16,17-7-2)18-8-3/h9-14H,6-8H2,1-5H3/t11-,12+,13+,14+/m1/s1. The number of fused-ring (bicyclic) bond motifs is 1. The van der Waals surface area contributed by atoms with E-state index in [4.69, 9.17) is 23.0 Å². The summed E-state index contributed by atoms with van der Waals surface area (Å²) in [5.74, 6) is -0.613. The monoisotopic (exact) mass is 334 g/mol. The lowest BCUT2D eigenvalue weighted by Crippen LogP contribution is -2.43. The minimum Gasteiger partial charge on any atom is -0.341 e. The number of hydrogen-bond acceptors (Lipinski definition) is 6. The van der Waals surface area contributed by atoms with Gasteiger partial charge in [-0.1, -0.05) is 19.1 Å². The Hall–Kier alpha value is -0.230. The summed E-state index contributed by atoms with van der Waals surface area (Å²) in [6.07, 6.45) is 3.93. The molecule has 0 bridgehead atoms. The predicted molar refractivity (Wildman–Crippen MR) is 82.5 cm³/mol. The molecule has 22 heavy (non-hydrogen) atoms. The molecule has 0 saturated carbocycles. The van der Waals surface area contributed by atoms with Crippen molar-refractivity contribution >= 4 is 7.82 Å². The minimum atomic E-state index is -3.60. The molecule has 0 N–H and O–H groups in total. The van der Waals surface area contributed by atoms with E-state index in [1.165, 1.54) is 0 Å². The van der Waals surface area contributed by atoms with E-state index in [0.29, 0.717) is 0 Å². The highest BCUT2D eigenvalue weighted by Crippen LogP contribution is 2.53. The summed E-state index contributed by atoms with van der Waals surface area (Å²) in [5.41, 5.74) is 0. The molecule has 1 fully saturated rings. The van der Waals surface area contributed by atoms with Gasteiger partial charge in [0.05, 0.1) is 13.2 Å². The molecule has 6 nitrogen and oxygen atoms in total. The highest BCUT2D eigenvalue weighted by atomic mass is 31.2. The van der Waals surface area contributed by atoms with Crippen LogP contribution in [-0.4, -0.2) is 37.3 Å². The van der Waals surface area contributed by atoms with Gasteiger partial charge in [-0.25, -0.2) is 4.57 Å². The first-order valence-electron chi connectivity index (χ1n) is 7.95. The largest absolute Gasteiger partial charge is 0.475 e. The Kier molecular flexibility index (Phi) is 5.86. The zero-order valence-corrected chi connectivity index (χ0v) is 14.9. The van der Waals surface area contributed by atoms with Crippen LogP contribution in [0.25, 0.3) is 0 Å². The van der Waals surface area contributed by atoms with E-state index in [-0.39, 0.29) is 31.3 Å². The Morgan fingerprint density at radius 1 is 1.09 bits per heavy atom. The van der Waals surface area contributed by atoms with Gasteiger partial charge in [0, 0.05) is 5.92 Å². The van der Waals surface area contributed by atoms with Gasteiger partial charge >= 0.3 is 7.82 Å². The average molecular weight is 334 g/mol. The lowest BCUT2D eigenvalue weighted by atomic mass is 9.87. The maximum absolute atomic E-state index is 12.7. The van der Waals surface area contributed by atoms with Crippen LogP contribution in [0, 0.1) is 5.92 Å². The van der Waals surface area contributed by atoms with Crippen LogP contribution < -0.4 is 0 Å². The Bertz CT molecular complexity index is 439. The van der Waals surface area contributed by atoms with Gasteiger partial charge in [-0.3, -0.25) is 13.6 Å². The van der Waals surface area contributed by atoms with Crippen molar-refractivity contribution in [3.63, 3.8) is 0 Å². The summed E-state index contributed by atoms with van der Waals surface area (Å²) in [7, 11) is -3.60. The van der Waals surface area contributed by atoms with Crippen molar-refractivity contribution in [2.24, 2.45) is 5.92 Å². The van der Waals surface area contributed by atoms with E-state index in [1.54, 1.807) is 13.8 Å². The molecule has 0 unspecified atom stereocenters. The predicted octanol–water partition coefficient (Wildman–Crippen LogP) is 3.67. The Morgan fingerprint density at radius 2 is 1.73 bits per heavy atom. The highest BCUT2D eigenvalue weighted by molar-refractivity contribution is 7.48. The molecule has 2 rings (SSSR count). The Labute approximate surface area is 132 Å². The molecule has 1 heterocycles. The number of hydrogen-bond donors (Lipinski definition) is 0. The van der Waals surface area contributed by atoms with Crippen molar-refractivity contribution in [3.05, 3.63) is 12.2 Å². The first kappa shape index (κ1) is 18.1. The molecular formula is C15H27O6P.